The third kappa shape index (κ3) is 2.20. The minimum absolute atomic E-state index is 0.189. The van der Waals surface area contributed by atoms with Crippen LogP contribution in [0.3, 0.4) is 0 Å². The Morgan fingerprint density at radius 2 is 2.07 bits per heavy atom. The van der Waals surface area contributed by atoms with Crippen molar-refractivity contribution in [3.8, 4) is 5.75 Å². The Bertz CT molecular complexity index is 380. The third-order valence-corrected chi connectivity index (χ3v) is 2.63. The maximum atomic E-state index is 11.3. The molecule has 0 fully saturated rings. The zero-order valence-electron chi connectivity index (χ0n) is 9.25. The number of ketones is 1. The summed E-state index contributed by atoms with van der Waals surface area (Å²) in [5, 5.41) is 0. The lowest BCUT2D eigenvalue weighted by atomic mass is 9.90. The zero-order chi connectivity index (χ0) is 10.8. The van der Waals surface area contributed by atoms with Crippen molar-refractivity contribution < 1.29 is 9.53 Å². The molecule has 2 heteroatoms. The van der Waals surface area contributed by atoms with Crippen LogP contribution in [0, 0.1) is 0 Å². The van der Waals surface area contributed by atoms with Gasteiger partial charge in [-0.1, -0.05) is 12.1 Å². The highest BCUT2D eigenvalue weighted by atomic mass is 16.5. The Kier molecular flexibility index (Phi) is 2.76. The lowest BCUT2D eigenvalue weighted by molar-refractivity contribution is -0.118. The van der Waals surface area contributed by atoms with Crippen LogP contribution in [0.5, 0.6) is 5.75 Å². The van der Waals surface area contributed by atoms with Crippen molar-refractivity contribution >= 4 is 5.78 Å². The molecule has 1 aliphatic carbocycles. The number of carbonyl (C=O) groups excluding carboxylic acids is 1. The number of hydrogen-bond acceptors (Lipinski definition) is 2. The van der Waals surface area contributed by atoms with Gasteiger partial charge in [-0.15, -0.1) is 0 Å². The van der Waals surface area contributed by atoms with Gasteiger partial charge < -0.3 is 4.74 Å². The molecule has 1 aromatic rings. The fraction of sp³-hybridized carbons (Fsp3) is 0.462. The van der Waals surface area contributed by atoms with Crippen LogP contribution in [0.2, 0.25) is 0 Å². The summed E-state index contributed by atoms with van der Waals surface area (Å²) in [4.78, 5) is 11.3. The second-order valence-corrected chi connectivity index (χ2v) is 4.28. The van der Waals surface area contributed by atoms with E-state index in [0.717, 1.165) is 17.7 Å². The van der Waals surface area contributed by atoms with E-state index < -0.39 is 0 Å². The first kappa shape index (κ1) is 10.2. The van der Waals surface area contributed by atoms with Gasteiger partial charge in [0.2, 0.25) is 0 Å². The van der Waals surface area contributed by atoms with Crippen molar-refractivity contribution in [3.05, 3.63) is 29.3 Å². The van der Waals surface area contributed by atoms with Crippen LogP contribution in [-0.4, -0.2) is 11.9 Å². The molecule has 0 saturated heterocycles. The number of hydrogen-bond donors (Lipinski definition) is 0. The molecule has 0 radical (unpaired) electrons. The maximum absolute atomic E-state index is 11.3. The van der Waals surface area contributed by atoms with E-state index in [2.05, 4.69) is 0 Å². The van der Waals surface area contributed by atoms with E-state index in [-0.39, 0.29) is 6.10 Å². The molecule has 0 spiro atoms. The fourth-order valence-electron chi connectivity index (χ4n) is 1.99. The largest absolute Gasteiger partial charge is 0.491 e. The summed E-state index contributed by atoms with van der Waals surface area (Å²) in [6, 6.07) is 5.99. The average molecular weight is 204 g/mol. The summed E-state index contributed by atoms with van der Waals surface area (Å²) in [5.74, 6) is 1.29. The van der Waals surface area contributed by atoms with Crippen molar-refractivity contribution in [3.63, 3.8) is 0 Å². The van der Waals surface area contributed by atoms with Gasteiger partial charge in [0.25, 0.3) is 0 Å². The molecule has 1 aromatic carbocycles. The SMILES string of the molecule is CC(C)Oc1cccc2c1CCC(=O)C2. The average Bonchev–Trinajstić information content (AvgIpc) is 2.16. The summed E-state index contributed by atoms with van der Waals surface area (Å²) < 4.78 is 5.74. The van der Waals surface area contributed by atoms with E-state index in [1.54, 1.807) is 0 Å². The van der Waals surface area contributed by atoms with Gasteiger partial charge in [-0.25, -0.2) is 0 Å². The molecule has 2 rings (SSSR count). The number of Topliss-reactive ketones (excluding diaryl/α,β-unsaturated/α-hetero) is 1. The van der Waals surface area contributed by atoms with Crippen LogP contribution in [0.15, 0.2) is 18.2 Å². The van der Waals surface area contributed by atoms with Crippen molar-refractivity contribution in [2.24, 2.45) is 0 Å². The predicted molar refractivity (Wildman–Crippen MR) is 59.2 cm³/mol. The molecule has 0 aliphatic heterocycles. The Morgan fingerprint density at radius 3 is 2.80 bits per heavy atom. The number of ether oxygens (including phenoxy) is 1. The molecule has 0 aromatic heterocycles. The first-order valence-electron chi connectivity index (χ1n) is 5.46. The summed E-state index contributed by atoms with van der Waals surface area (Å²) in [5.41, 5.74) is 2.37. The minimum Gasteiger partial charge on any atom is -0.491 e. The van der Waals surface area contributed by atoms with E-state index in [9.17, 15) is 4.79 Å². The predicted octanol–water partition coefficient (Wildman–Crippen LogP) is 2.53. The molecule has 80 valence electrons. The molecule has 1 aliphatic rings. The van der Waals surface area contributed by atoms with Gasteiger partial charge in [0.05, 0.1) is 6.10 Å². The molecule has 0 bridgehead atoms. The first-order chi connectivity index (χ1) is 7.16. The van der Waals surface area contributed by atoms with Crippen LogP contribution in [0.4, 0.5) is 0 Å². The monoisotopic (exact) mass is 204 g/mol. The smallest absolute Gasteiger partial charge is 0.137 e. The standard InChI is InChI=1S/C13H16O2/c1-9(2)15-13-5-3-4-10-8-11(14)6-7-12(10)13/h3-5,9H,6-8H2,1-2H3. The van der Waals surface area contributed by atoms with Crippen molar-refractivity contribution in [2.45, 2.75) is 39.2 Å². The van der Waals surface area contributed by atoms with Crippen LogP contribution in [0.25, 0.3) is 0 Å². The van der Waals surface area contributed by atoms with E-state index >= 15 is 0 Å². The van der Waals surface area contributed by atoms with Crippen LogP contribution in [0.1, 0.15) is 31.4 Å². The lowest BCUT2D eigenvalue weighted by Crippen LogP contribution is -2.16. The topological polar surface area (TPSA) is 26.3 Å². The molecular weight excluding hydrogens is 188 g/mol. The van der Waals surface area contributed by atoms with Gasteiger partial charge >= 0.3 is 0 Å². The number of fused-ring (bicyclic) bond motifs is 1. The quantitative estimate of drug-likeness (QED) is 0.740. The van der Waals surface area contributed by atoms with Crippen molar-refractivity contribution in [2.75, 3.05) is 0 Å². The van der Waals surface area contributed by atoms with Crippen molar-refractivity contribution in [1.29, 1.82) is 0 Å². The molecule has 0 amide bonds. The molecule has 0 unspecified atom stereocenters. The number of rotatable bonds is 2. The number of benzene rings is 1. The van der Waals surface area contributed by atoms with E-state index in [4.69, 9.17) is 4.74 Å². The van der Waals surface area contributed by atoms with Gasteiger partial charge in [0.1, 0.15) is 11.5 Å². The summed E-state index contributed by atoms with van der Waals surface area (Å²) in [7, 11) is 0. The Balaban J connectivity index is 2.33. The van der Waals surface area contributed by atoms with Gasteiger partial charge in [-0.05, 0) is 37.5 Å². The summed E-state index contributed by atoms with van der Waals surface area (Å²) in [6.45, 7) is 4.04. The third-order valence-electron chi connectivity index (χ3n) is 2.63. The Labute approximate surface area is 90.3 Å². The highest BCUT2D eigenvalue weighted by Gasteiger charge is 2.18. The molecule has 0 heterocycles. The van der Waals surface area contributed by atoms with E-state index in [1.165, 1.54) is 5.56 Å². The Morgan fingerprint density at radius 1 is 1.27 bits per heavy atom. The molecule has 0 saturated carbocycles. The molecule has 15 heavy (non-hydrogen) atoms. The highest BCUT2D eigenvalue weighted by molar-refractivity contribution is 5.83. The summed E-state index contributed by atoms with van der Waals surface area (Å²) in [6.07, 6.45) is 2.25. The van der Waals surface area contributed by atoms with Gasteiger partial charge in [-0.2, -0.15) is 0 Å². The highest BCUT2D eigenvalue weighted by Crippen LogP contribution is 2.28. The molecule has 0 N–H and O–H groups in total. The minimum atomic E-state index is 0.189. The van der Waals surface area contributed by atoms with Gasteiger partial charge in [-0.3, -0.25) is 4.79 Å². The van der Waals surface area contributed by atoms with Gasteiger partial charge in [0.15, 0.2) is 0 Å². The first-order valence-corrected chi connectivity index (χ1v) is 5.46. The Hall–Kier alpha value is -1.31. The van der Waals surface area contributed by atoms with E-state index in [1.807, 2.05) is 32.0 Å². The normalized spacial score (nSPS) is 15.3. The van der Waals surface area contributed by atoms with Crippen LogP contribution in [-0.2, 0) is 17.6 Å². The number of carbonyl (C=O) groups is 1. The van der Waals surface area contributed by atoms with Crippen LogP contribution >= 0.6 is 0 Å². The zero-order valence-corrected chi connectivity index (χ0v) is 9.25. The van der Waals surface area contributed by atoms with Gasteiger partial charge in [0, 0.05) is 12.8 Å². The van der Waals surface area contributed by atoms with Crippen LogP contribution < -0.4 is 4.74 Å². The van der Waals surface area contributed by atoms with Crippen molar-refractivity contribution in [1.82, 2.24) is 0 Å². The second kappa shape index (κ2) is 4.05. The maximum Gasteiger partial charge on any atom is 0.137 e. The summed E-state index contributed by atoms with van der Waals surface area (Å²) >= 11 is 0. The fourth-order valence-corrected chi connectivity index (χ4v) is 1.99. The molecular formula is C13H16O2. The second-order valence-electron chi connectivity index (χ2n) is 4.28. The lowest BCUT2D eigenvalue weighted by Gasteiger charge is -2.20. The molecule has 0 atom stereocenters. The van der Waals surface area contributed by atoms with E-state index in [0.29, 0.717) is 18.6 Å². The molecule has 2 nitrogen and oxygen atoms in total.